The molecule has 1 aliphatic rings. The van der Waals surface area contributed by atoms with Crippen LogP contribution in [0.5, 0.6) is 11.5 Å². The average molecular weight is 381 g/mol. The maximum Gasteiger partial charge on any atom is 0.354 e. The summed E-state index contributed by atoms with van der Waals surface area (Å²) in [5, 5.41) is 57.9. The van der Waals surface area contributed by atoms with Gasteiger partial charge in [-0.15, -0.1) is 0 Å². The number of aromatic carboxylic acids is 1. The van der Waals surface area contributed by atoms with Crippen LogP contribution in [0.4, 0.5) is 0 Å². The molecule has 0 aliphatic carbocycles. The van der Waals surface area contributed by atoms with E-state index in [1.165, 1.54) is 18.2 Å². The van der Waals surface area contributed by atoms with E-state index in [1.54, 1.807) is 0 Å². The standard InChI is InChI=1S/C16H15NO10/c18-7-3-1-2-5-8(4-6(14(22)23)17-9(5)7)26-16-12(21)10(19)11(20)13(27-16)15(24)25/h1-4,10-13,16,18-21H,(H,22,23)(H,24,25)/t10-,11-,12+,13-,16?/m0/s1. The van der Waals surface area contributed by atoms with Crippen LogP contribution in [0, 0.1) is 0 Å². The first kappa shape index (κ1) is 18.8. The Bertz CT molecular complexity index is 900. The fraction of sp³-hybridized carbons (Fsp3) is 0.312. The lowest BCUT2D eigenvalue weighted by Crippen LogP contribution is -2.61. The summed E-state index contributed by atoms with van der Waals surface area (Å²) in [5.41, 5.74) is -0.590. The van der Waals surface area contributed by atoms with E-state index in [2.05, 4.69) is 4.98 Å². The largest absolute Gasteiger partial charge is 0.506 e. The van der Waals surface area contributed by atoms with Crippen LogP contribution in [0.25, 0.3) is 10.9 Å². The zero-order valence-electron chi connectivity index (χ0n) is 13.5. The number of benzene rings is 1. The Morgan fingerprint density at radius 2 is 1.78 bits per heavy atom. The van der Waals surface area contributed by atoms with Gasteiger partial charge in [0.05, 0.1) is 0 Å². The number of fused-ring (bicyclic) bond motifs is 1. The van der Waals surface area contributed by atoms with Crippen LogP contribution in [0.1, 0.15) is 10.5 Å². The second-order valence-corrected chi connectivity index (χ2v) is 5.84. The van der Waals surface area contributed by atoms with Crippen molar-refractivity contribution in [3.63, 3.8) is 0 Å². The number of nitrogens with zero attached hydrogens (tertiary/aromatic N) is 1. The molecule has 6 N–H and O–H groups in total. The number of pyridine rings is 1. The Morgan fingerprint density at radius 1 is 1.07 bits per heavy atom. The maximum atomic E-state index is 11.3. The van der Waals surface area contributed by atoms with Crippen molar-refractivity contribution in [3.8, 4) is 11.5 Å². The van der Waals surface area contributed by atoms with E-state index in [9.17, 15) is 35.1 Å². The molecular weight excluding hydrogens is 366 g/mol. The molecule has 1 saturated heterocycles. The molecular formula is C16H15NO10. The molecule has 1 aromatic heterocycles. The van der Waals surface area contributed by atoms with Crippen molar-refractivity contribution in [2.75, 3.05) is 0 Å². The number of phenols is 1. The Balaban J connectivity index is 2.03. The molecule has 0 spiro atoms. The Kier molecular flexibility index (Phi) is 4.85. The summed E-state index contributed by atoms with van der Waals surface area (Å²) in [6, 6.07) is 5.15. The number of ether oxygens (including phenoxy) is 2. The summed E-state index contributed by atoms with van der Waals surface area (Å²) in [4.78, 5) is 26.2. The third-order valence-electron chi connectivity index (χ3n) is 4.06. The second kappa shape index (κ2) is 6.96. The van der Waals surface area contributed by atoms with Crippen LogP contribution < -0.4 is 4.74 Å². The van der Waals surface area contributed by atoms with Crippen LogP contribution in [-0.2, 0) is 9.53 Å². The number of carboxylic acids is 2. The number of carbonyl (C=O) groups is 2. The highest BCUT2D eigenvalue weighted by atomic mass is 16.7. The van der Waals surface area contributed by atoms with E-state index in [1.807, 2.05) is 0 Å². The first-order valence-corrected chi connectivity index (χ1v) is 7.66. The molecule has 11 heteroatoms. The first-order valence-electron chi connectivity index (χ1n) is 7.66. The van der Waals surface area contributed by atoms with Crippen molar-refractivity contribution in [3.05, 3.63) is 30.0 Å². The molecule has 11 nitrogen and oxygen atoms in total. The van der Waals surface area contributed by atoms with Gasteiger partial charge in [-0.25, -0.2) is 14.6 Å². The number of para-hydroxylation sites is 1. The van der Waals surface area contributed by atoms with Crippen molar-refractivity contribution < 1.29 is 49.7 Å². The molecule has 1 aliphatic heterocycles. The van der Waals surface area contributed by atoms with Gasteiger partial charge in [-0.05, 0) is 12.1 Å². The van der Waals surface area contributed by atoms with Gasteiger partial charge in [0.15, 0.2) is 11.8 Å². The Hall–Kier alpha value is -2.99. The number of phenolic OH excluding ortho intramolecular Hbond substituents is 1. The molecule has 3 rings (SSSR count). The average Bonchev–Trinajstić information content (AvgIpc) is 2.62. The quantitative estimate of drug-likeness (QED) is 0.378. The van der Waals surface area contributed by atoms with Crippen molar-refractivity contribution in [2.24, 2.45) is 0 Å². The van der Waals surface area contributed by atoms with E-state index in [0.717, 1.165) is 6.07 Å². The number of aliphatic hydroxyl groups is 3. The summed E-state index contributed by atoms with van der Waals surface area (Å²) in [6.45, 7) is 0. The normalized spacial score (nSPS) is 28.0. The van der Waals surface area contributed by atoms with Crippen LogP contribution in [-0.4, -0.2) is 78.3 Å². The monoisotopic (exact) mass is 381 g/mol. The molecule has 5 atom stereocenters. The highest BCUT2D eigenvalue weighted by molar-refractivity contribution is 5.95. The van der Waals surface area contributed by atoms with Crippen molar-refractivity contribution in [1.82, 2.24) is 4.98 Å². The highest BCUT2D eigenvalue weighted by Gasteiger charge is 2.48. The lowest BCUT2D eigenvalue weighted by Gasteiger charge is -2.38. The number of aromatic nitrogens is 1. The number of aliphatic hydroxyl groups excluding tert-OH is 3. The Morgan fingerprint density at radius 3 is 2.41 bits per heavy atom. The summed E-state index contributed by atoms with van der Waals surface area (Å²) in [6.07, 6.45) is -9.23. The van der Waals surface area contributed by atoms with E-state index in [-0.39, 0.29) is 22.4 Å². The summed E-state index contributed by atoms with van der Waals surface area (Å²) < 4.78 is 10.4. The molecule has 1 unspecified atom stereocenters. The van der Waals surface area contributed by atoms with Crippen LogP contribution in [0.3, 0.4) is 0 Å². The molecule has 144 valence electrons. The number of aromatic hydroxyl groups is 1. The SMILES string of the molecule is O=C(O)c1cc(OC2O[C@H](C(=O)O)[C@@H](O)[C@H](O)[C@H]2O)c2cccc(O)c2n1. The summed E-state index contributed by atoms with van der Waals surface area (Å²) in [5.74, 6) is -3.53. The van der Waals surface area contributed by atoms with Crippen molar-refractivity contribution >= 4 is 22.8 Å². The summed E-state index contributed by atoms with van der Waals surface area (Å²) >= 11 is 0. The molecule has 0 radical (unpaired) electrons. The molecule has 1 fully saturated rings. The minimum Gasteiger partial charge on any atom is -0.506 e. The van der Waals surface area contributed by atoms with Gasteiger partial charge in [0.25, 0.3) is 0 Å². The predicted molar refractivity (Wildman–Crippen MR) is 85.3 cm³/mol. The van der Waals surface area contributed by atoms with Crippen LogP contribution >= 0.6 is 0 Å². The minimum absolute atomic E-state index is 0.104. The van der Waals surface area contributed by atoms with Gasteiger partial charge in [0, 0.05) is 11.5 Å². The third-order valence-corrected chi connectivity index (χ3v) is 4.06. The molecule has 0 bridgehead atoms. The van der Waals surface area contributed by atoms with Gasteiger partial charge >= 0.3 is 11.9 Å². The fourth-order valence-electron chi connectivity index (χ4n) is 2.68. The highest BCUT2D eigenvalue weighted by Crippen LogP contribution is 2.33. The van der Waals surface area contributed by atoms with Crippen LogP contribution in [0.15, 0.2) is 24.3 Å². The lowest BCUT2D eigenvalue weighted by molar-refractivity contribution is -0.270. The number of aliphatic carboxylic acids is 1. The van der Waals surface area contributed by atoms with Crippen LogP contribution in [0.2, 0.25) is 0 Å². The minimum atomic E-state index is -1.90. The summed E-state index contributed by atoms with van der Waals surface area (Å²) in [7, 11) is 0. The fourth-order valence-corrected chi connectivity index (χ4v) is 2.68. The topological polar surface area (TPSA) is 187 Å². The van der Waals surface area contributed by atoms with Gasteiger partial charge in [-0.3, -0.25) is 0 Å². The van der Waals surface area contributed by atoms with E-state index in [4.69, 9.17) is 14.6 Å². The molecule has 2 aromatic rings. The number of hydrogen-bond donors (Lipinski definition) is 6. The number of hydrogen-bond acceptors (Lipinski definition) is 9. The van der Waals surface area contributed by atoms with E-state index >= 15 is 0 Å². The first-order chi connectivity index (χ1) is 12.7. The van der Waals surface area contributed by atoms with E-state index < -0.39 is 48.3 Å². The third kappa shape index (κ3) is 3.36. The molecule has 0 amide bonds. The lowest BCUT2D eigenvalue weighted by atomic mass is 9.99. The second-order valence-electron chi connectivity index (χ2n) is 5.84. The Labute approximate surface area is 150 Å². The number of rotatable bonds is 4. The molecule has 1 aromatic carbocycles. The smallest absolute Gasteiger partial charge is 0.354 e. The van der Waals surface area contributed by atoms with Gasteiger partial charge < -0.3 is 40.1 Å². The van der Waals surface area contributed by atoms with Crippen molar-refractivity contribution in [1.29, 1.82) is 0 Å². The van der Waals surface area contributed by atoms with Gasteiger partial charge in [0.2, 0.25) is 6.29 Å². The van der Waals surface area contributed by atoms with Gasteiger partial charge in [0.1, 0.15) is 35.3 Å². The number of carboxylic acid groups (broad SMARTS) is 2. The van der Waals surface area contributed by atoms with Crippen molar-refractivity contribution in [2.45, 2.75) is 30.7 Å². The molecule has 27 heavy (non-hydrogen) atoms. The molecule has 0 saturated carbocycles. The maximum absolute atomic E-state index is 11.3. The van der Waals surface area contributed by atoms with Gasteiger partial charge in [-0.1, -0.05) is 6.07 Å². The zero-order valence-corrected chi connectivity index (χ0v) is 13.5. The predicted octanol–water partition coefficient (Wildman–Crippen LogP) is -1.09. The van der Waals surface area contributed by atoms with Gasteiger partial charge in [-0.2, -0.15) is 0 Å². The zero-order chi connectivity index (χ0) is 19.9. The molecule has 2 heterocycles. The van der Waals surface area contributed by atoms with E-state index in [0.29, 0.717) is 0 Å².